The second-order valence-electron chi connectivity index (χ2n) is 4.06. The van der Waals surface area contributed by atoms with E-state index in [1.165, 1.54) is 6.07 Å². The van der Waals surface area contributed by atoms with Crippen LogP contribution < -0.4 is 10.6 Å². The van der Waals surface area contributed by atoms with Gasteiger partial charge >= 0.3 is 6.01 Å². The van der Waals surface area contributed by atoms with Gasteiger partial charge in [0, 0.05) is 0 Å². The lowest BCUT2D eigenvalue weighted by atomic mass is 10.2. The molecule has 0 bridgehead atoms. The van der Waals surface area contributed by atoms with Crippen LogP contribution in [0.15, 0.2) is 22.6 Å². The van der Waals surface area contributed by atoms with Gasteiger partial charge in [0.1, 0.15) is 5.82 Å². The van der Waals surface area contributed by atoms with Crippen molar-refractivity contribution in [2.24, 2.45) is 0 Å². The van der Waals surface area contributed by atoms with E-state index in [9.17, 15) is 4.39 Å². The summed E-state index contributed by atoms with van der Waals surface area (Å²) in [6.45, 7) is 3.78. The van der Waals surface area contributed by atoms with Crippen LogP contribution in [-0.4, -0.2) is 17.2 Å². The van der Waals surface area contributed by atoms with Gasteiger partial charge < -0.3 is 15.1 Å². The average Bonchev–Trinajstić information content (AvgIpc) is 2.81. The number of halogens is 1. The molecule has 0 amide bonds. The van der Waals surface area contributed by atoms with E-state index in [0.29, 0.717) is 11.6 Å². The summed E-state index contributed by atoms with van der Waals surface area (Å²) < 4.78 is 18.9. The van der Waals surface area contributed by atoms with Crippen molar-refractivity contribution in [1.29, 1.82) is 0 Å². The monoisotopic (exact) mass is 250 g/mol. The van der Waals surface area contributed by atoms with E-state index in [4.69, 9.17) is 4.42 Å². The molecule has 0 aliphatic carbocycles. The molecule has 0 fully saturated rings. The summed E-state index contributed by atoms with van der Waals surface area (Å²) in [6, 6.07) is 4.90. The zero-order valence-electron chi connectivity index (χ0n) is 10.5. The second kappa shape index (κ2) is 5.14. The fourth-order valence-corrected chi connectivity index (χ4v) is 1.43. The predicted octanol–water partition coefficient (Wildman–Crippen LogP) is 2.54. The highest BCUT2D eigenvalue weighted by molar-refractivity contribution is 5.54. The number of benzene rings is 1. The molecule has 6 heteroatoms. The number of nitrogens with one attached hydrogen (secondary N) is 2. The Hall–Kier alpha value is -1.95. The Morgan fingerprint density at radius 3 is 2.83 bits per heavy atom. The molecule has 0 aliphatic heterocycles. The maximum Gasteiger partial charge on any atom is 0.320 e. The van der Waals surface area contributed by atoms with Crippen molar-refractivity contribution >= 4 is 11.7 Å². The van der Waals surface area contributed by atoms with Crippen LogP contribution in [0.2, 0.25) is 0 Å². The Morgan fingerprint density at radius 2 is 2.11 bits per heavy atom. The Bertz CT molecular complexity index is 541. The van der Waals surface area contributed by atoms with Crippen LogP contribution in [0.1, 0.15) is 24.4 Å². The molecule has 2 rings (SSSR count). The van der Waals surface area contributed by atoms with E-state index in [-0.39, 0.29) is 17.9 Å². The minimum atomic E-state index is -0.359. The smallest absolute Gasteiger partial charge is 0.320 e. The zero-order chi connectivity index (χ0) is 13.1. The molecule has 1 heterocycles. The molecule has 1 atom stereocenters. The summed E-state index contributed by atoms with van der Waals surface area (Å²) in [6.07, 6.45) is 0. The molecule has 5 nitrogen and oxygen atoms in total. The van der Waals surface area contributed by atoms with Crippen LogP contribution in [0.4, 0.5) is 16.1 Å². The first-order chi connectivity index (χ1) is 8.60. The Morgan fingerprint density at radius 1 is 1.33 bits per heavy atom. The molecule has 2 N–H and O–H groups in total. The molecule has 0 spiro atoms. The van der Waals surface area contributed by atoms with E-state index < -0.39 is 0 Å². The highest BCUT2D eigenvalue weighted by Crippen LogP contribution is 2.21. The zero-order valence-corrected chi connectivity index (χ0v) is 10.5. The lowest BCUT2D eigenvalue weighted by molar-refractivity contribution is 0.443. The number of hydrogen-bond acceptors (Lipinski definition) is 5. The number of hydrogen-bond donors (Lipinski definition) is 2. The van der Waals surface area contributed by atoms with Crippen molar-refractivity contribution in [3.63, 3.8) is 0 Å². The summed E-state index contributed by atoms with van der Waals surface area (Å²) in [5.41, 5.74) is 1.27. The first-order valence-electron chi connectivity index (χ1n) is 5.64. The molecular formula is C12H15FN4O. The van der Waals surface area contributed by atoms with Crippen molar-refractivity contribution in [1.82, 2.24) is 15.5 Å². The van der Waals surface area contributed by atoms with E-state index in [0.717, 1.165) is 5.56 Å². The maximum atomic E-state index is 13.5. The molecule has 1 aromatic heterocycles. The minimum Gasteiger partial charge on any atom is -0.406 e. The molecule has 0 saturated carbocycles. The van der Waals surface area contributed by atoms with Crippen molar-refractivity contribution in [2.75, 3.05) is 12.4 Å². The maximum absolute atomic E-state index is 13.5. The number of aryl methyl sites for hydroxylation is 1. The predicted molar refractivity (Wildman–Crippen MR) is 66.2 cm³/mol. The van der Waals surface area contributed by atoms with Gasteiger partial charge in [0.2, 0.25) is 5.89 Å². The van der Waals surface area contributed by atoms with Gasteiger partial charge in [-0.2, -0.15) is 0 Å². The van der Waals surface area contributed by atoms with Gasteiger partial charge in [-0.1, -0.05) is 11.2 Å². The molecule has 18 heavy (non-hydrogen) atoms. The Balaban J connectivity index is 2.18. The summed E-state index contributed by atoms with van der Waals surface area (Å²) >= 11 is 0. The number of nitrogens with zero attached hydrogens (tertiary/aromatic N) is 2. The third-order valence-electron chi connectivity index (χ3n) is 2.61. The summed E-state index contributed by atoms with van der Waals surface area (Å²) in [5, 5.41) is 13.4. The van der Waals surface area contributed by atoms with Crippen LogP contribution in [0, 0.1) is 12.7 Å². The summed E-state index contributed by atoms with van der Waals surface area (Å²) in [7, 11) is 1.79. The summed E-state index contributed by atoms with van der Waals surface area (Å²) in [4.78, 5) is 0. The molecule has 1 unspecified atom stereocenters. The molecule has 0 radical (unpaired) electrons. The molecule has 96 valence electrons. The van der Waals surface area contributed by atoms with E-state index in [1.54, 1.807) is 19.2 Å². The van der Waals surface area contributed by atoms with Gasteiger partial charge in [0.25, 0.3) is 0 Å². The second-order valence-corrected chi connectivity index (χ2v) is 4.06. The van der Waals surface area contributed by atoms with Crippen LogP contribution in [0.25, 0.3) is 0 Å². The van der Waals surface area contributed by atoms with Crippen molar-refractivity contribution < 1.29 is 8.81 Å². The highest BCUT2D eigenvalue weighted by atomic mass is 19.1. The number of aromatic nitrogens is 2. The third-order valence-corrected chi connectivity index (χ3v) is 2.61. The normalized spacial score (nSPS) is 12.4. The lowest BCUT2D eigenvalue weighted by Crippen LogP contribution is -2.12. The van der Waals surface area contributed by atoms with Gasteiger partial charge in [0.05, 0.1) is 11.7 Å². The summed E-state index contributed by atoms with van der Waals surface area (Å²) in [5.74, 6) is 0.0927. The number of rotatable bonds is 4. The first-order valence-corrected chi connectivity index (χ1v) is 5.64. The first kappa shape index (κ1) is 12.5. The largest absolute Gasteiger partial charge is 0.406 e. The van der Waals surface area contributed by atoms with Crippen molar-refractivity contribution in [3.05, 3.63) is 35.5 Å². The number of anilines is 2. The quantitative estimate of drug-likeness (QED) is 0.873. The van der Waals surface area contributed by atoms with Crippen LogP contribution >= 0.6 is 0 Å². The van der Waals surface area contributed by atoms with Gasteiger partial charge in [-0.15, -0.1) is 5.10 Å². The molecule has 0 saturated heterocycles. The van der Waals surface area contributed by atoms with Gasteiger partial charge in [-0.3, -0.25) is 0 Å². The third kappa shape index (κ3) is 2.65. The van der Waals surface area contributed by atoms with Gasteiger partial charge in [0.15, 0.2) is 0 Å². The Labute approximate surface area is 104 Å². The molecule has 2 aromatic rings. The standard InChI is InChI=1S/C12H15FN4O/c1-7-4-5-9(13)10(6-7)15-12-17-16-11(18-12)8(2)14-3/h4-6,8,14H,1-3H3,(H,15,17). The Kier molecular flexibility index (Phi) is 3.57. The van der Waals surface area contributed by atoms with Gasteiger partial charge in [-0.25, -0.2) is 4.39 Å². The van der Waals surface area contributed by atoms with E-state index in [1.807, 2.05) is 13.8 Å². The fraction of sp³-hybridized carbons (Fsp3) is 0.333. The van der Waals surface area contributed by atoms with E-state index in [2.05, 4.69) is 20.8 Å². The SMILES string of the molecule is CNC(C)c1nnc(Nc2cc(C)ccc2F)o1. The fourth-order valence-electron chi connectivity index (χ4n) is 1.43. The van der Waals surface area contributed by atoms with Crippen LogP contribution in [-0.2, 0) is 0 Å². The molecular weight excluding hydrogens is 235 g/mol. The highest BCUT2D eigenvalue weighted by Gasteiger charge is 2.13. The van der Waals surface area contributed by atoms with Crippen molar-refractivity contribution in [2.45, 2.75) is 19.9 Å². The topological polar surface area (TPSA) is 63.0 Å². The van der Waals surface area contributed by atoms with Crippen LogP contribution in [0.5, 0.6) is 0 Å². The average molecular weight is 250 g/mol. The van der Waals surface area contributed by atoms with Gasteiger partial charge in [-0.05, 0) is 38.6 Å². The molecule has 0 aliphatic rings. The van der Waals surface area contributed by atoms with Crippen molar-refractivity contribution in [3.8, 4) is 0 Å². The minimum absolute atomic E-state index is 0.0459. The lowest BCUT2D eigenvalue weighted by Gasteiger charge is -2.05. The van der Waals surface area contributed by atoms with E-state index >= 15 is 0 Å². The molecule has 1 aromatic carbocycles. The van der Waals surface area contributed by atoms with Crippen LogP contribution in [0.3, 0.4) is 0 Å².